The highest BCUT2D eigenvalue weighted by molar-refractivity contribution is 5.57. The highest BCUT2D eigenvalue weighted by Crippen LogP contribution is 2.58. The molecule has 0 saturated heterocycles. The largest absolute Gasteiger partial charge is 0.508 e. The van der Waals surface area contributed by atoms with Gasteiger partial charge in [-0.15, -0.1) is 0 Å². The SMILES string of the molecule is CCC12COc3cc(O)ccc3C1c1cc(O)c(O)cc1C2. The molecule has 2 aromatic rings. The predicted octanol–water partition coefficient (Wildman–Crippen LogP) is 3.28. The molecule has 1 aliphatic heterocycles. The second kappa shape index (κ2) is 4.32. The number of benzene rings is 2. The Hall–Kier alpha value is -2.36. The average Bonchev–Trinajstić information content (AvgIpc) is 2.82. The van der Waals surface area contributed by atoms with Gasteiger partial charge in [0.25, 0.3) is 0 Å². The number of ether oxygens (including phenoxy) is 1. The third-order valence-electron chi connectivity index (χ3n) is 5.23. The molecule has 1 aliphatic carbocycles. The lowest BCUT2D eigenvalue weighted by Crippen LogP contribution is -2.36. The Morgan fingerprint density at radius 3 is 2.64 bits per heavy atom. The molecule has 1 heterocycles. The van der Waals surface area contributed by atoms with Crippen molar-refractivity contribution in [3.63, 3.8) is 0 Å². The lowest BCUT2D eigenvalue weighted by atomic mass is 9.70. The third-order valence-corrected chi connectivity index (χ3v) is 5.23. The molecule has 0 saturated carbocycles. The molecule has 4 heteroatoms. The van der Waals surface area contributed by atoms with Gasteiger partial charge < -0.3 is 20.1 Å². The van der Waals surface area contributed by atoms with E-state index in [1.165, 1.54) is 0 Å². The normalized spacial score (nSPS) is 25.0. The molecule has 22 heavy (non-hydrogen) atoms. The summed E-state index contributed by atoms with van der Waals surface area (Å²) in [6, 6.07) is 8.56. The second-order valence-electron chi connectivity index (χ2n) is 6.38. The fourth-order valence-corrected chi connectivity index (χ4v) is 4.04. The maximum absolute atomic E-state index is 9.90. The highest BCUT2D eigenvalue weighted by atomic mass is 16.5. The molecule has 114 valence electrons. The first kappa shape index (κ1) is 13.3. The summed E-state index contributed by atoms with van der Waals surface area (Å²) < 4.78 is 5.92. The van der Waals surface area contributed by atoms with Crippen molar-refractivity contribution in [2.45, 2.75) is 25.7 Å². The van der Waals surface area contributed by atoms with E-state index in [1.807, 2.05) is 6.07 Å². The van der Waals surface area contributed by atoms with Crippen molar-refractivity contribution in [2.75, 3.05) is 6.61 Å². The van der Waals surface area contributed by atoms with Gasteiger partial charge in [-0.1, -0.05) is 13.0 Å². The van der Waals surface area contributed by atoms with Crippen LogP contribution in [-0.2, 0) is 6.42 Å². The van der Waals surface area contributed by atoms with E-state index in [9.17, 15) is 15.3 Å². The van der Waals surface area contributed by atoms with Crippen molar-refractivity contribution in [1.29, 1.82) is 0 Å². The fourth-order valence-electron chi connectivity index (χ4n) is 4.04. The first-order valence-electron chi connectivity index (χ1n) is 7.54. The van der Waals surface area contributed by atoms with Crippen LogP contribution in [0.4, 0.5) is 0 Å². The van der Waals surface area contributed by atoms with Crippen LogP contribution < -0.4 is 4.74 Å². The Bertz CT molecular complexity index is 768. The van der Waals surface area contributed by atoms with Crippen molar-refractivity contribution in [2.24, 2.45) is 5.41 Å². The van der Waals surface area contributed by atoms with Crippen LogP contribution in [0, 0.1) is 5.41 Å². The maximum Gasteiger partial charge on any atom is 0.157 e. The lowest BCUT2D eigenvalue weighted by Gasteiger charge is -2.40. The van der Waals surface area contributed by atoms with Gasteiger partial charge in [0.1, 0.15) is 11.5 Å². The standard InChI is InChI=1S/C18H18O4/c1-2-18-8-10-5-14(20)15(21)7-13(10)17(18)12-4-3-11(19)6-16(12)22-9-18/h3-7,17,19-21H,2,8-9H2,1H3. The average molecular weight is 298 g/mol. The van der Waals surface area contributed by atoms with Gasteiger partial charge in [-0.2, -0.15) is 0 Å². The van der Waals surface area contributed by atoms with Gasteiger partial charge in [-0.3, -0.25) is 0 Å². The van der Waals surface area contributed by atoms with Crippen molar-refractivity contribution in [3.05, 3.63) is 47.0 Å². The maximum atomic E-state index is 9.90. The molecule has 2 atom stereocenters. The van der Waals surface area contributed by atoms with Gasteiger partial charge in [0, 0.05) is 23.0 Å². The molecule has 0 bridgehead atoms. The van der Waals surface area contributed by atoms with E-state index < -0.39 is 0 Å². The number of phenolic OH excluding ortho intramolecular Hbond substituents is 3. The number of aromatic hydroxyl groups is 3. The Labute approximate surface area is 128 Å². The van der Waals surface area contributed by atoms with E-state index in [0.29, 0.717) is 12.4 Å². The summed E-state index contributed by atoms with van der Waals surface area (Å²) in [7, 11) is 0. The fraction of sp³-hybridized carbons (Fsp3) is 0.333. The van der Waals surface area contributed by atoms with Gasteiger partial charge in [0.15, 0.2) is 11.5 Å². The summed E-state index contributed by atoms with van der Waals surface area (Å²) in [4.78, 5) is 0. The van der Waals surface area contributed by atoms with Crippen LogP contribution in [0.2, 0.25) is 0 Å². The van der Waals surface area contributed by atoms with Crippen molar-refractivity contribution >= 4 is 0 Å². The van der Waals surface area contributed by atoms with E-state index in [-0.39, 0.29) is 28.6 Å². The summed E-state index contributed by atoms with van der Waals surface area (Å²) in [6.07, 6.45) is 1.76. The summed E-state index contributed by atoms with van der Waals surface area (Å²) in [5, 5.41) is 29.4. The van der Waals surface area contributed by atoms with E-state index in [4.69, 9.17) is 4.74 Å². The Morgan fingerprint density at radius 1 is 1.09 bits per heavy atom. The first-order valence-corrected chi connectivity index (χ1v) is 7.54. The van der Waals surface area contributed by atoms with Crippen LogP contribution in [0.3, 0.4) is 0 Å². The van der Waals surface area contributed by atoms with Crippen molar-refractivity contribution in [1.82, 2.24) is 0 Å². The van der Waals surface area contributed by atoms with E-state index in [1.54, 1.807) is 24.3 Å². The second-order valence-corrected chi connectivity index (χ2v) is 6.38. The molecule has 2 unspecified atom stereocenters. The zero-order valence-electron chi connectivity index (χ0n) is 12.3. The topological polar surface area (TPSA) is 69.9 Å². The molecule has 0 spiro atoms. The predicted molar refractivity (Wildman–Crippen MR) is 81.6 cm³/mol. The Morgan fingerprint density at radius 2 is 1.86 bits per heavy atom. The van der Waals surface area contributed by atoms with Gasteiger partial charge >= 0.3 is 0 Å². The molecule has 3 N–H and O–H groups in total. The molecular weight excluding hydrogens is 280 g/mol. The van der Waals surface area contributed by atoms with Gasteiger partial charge in [0.05, 0.1) is 6.61 Å². The number of fused-ring (bicyclic) bond motifs is 5. The molecule has 0 aromatic heterocycles. The molecule has 0 amide bonds. The van der Waals surface area contributed by atoms with Crippen LogP contribution >= 0.6 is 0 Å². The third kappa shape index (κ3) is 1.64. The molecule has 2 aliphatic rings. The zero-order valence-corrected chi connectivity index (χ0v) is 12.3. The minimum atomic E-state index is -0.0857. The zero-order chi connectivity index (χ0) is 15.5. The number of rotatable bonds is 1. The molecule has 4 nitrogen and oxygen atoms in total. The molecule has 0 fully saturated rings. The minimum absolute atomic E-state index is 0.0630. The van der Waals surface area contributed by atoms with Crippen LogP contribution in [0.15, 0.2) is 30.3 Å². The monoisotopic (exact) mass is 298 g/mol. The number of hydrogen-bond donors (Lipinski definition) is 3. The Balaban J connectivity index is 1.95. The minimum Gasteiger partial charge on any atom is -0.508 e. The smallest absolute Gasteiger partial charge is 0.157 e. The quantitative estimate of drug-likeness (QED) is 0.707. The van der Waals surface area contributed by atoms with E-state index >= 15 is 0 Å². The summed E-state index contributed by atoms with van der Waals surface area (Å²) in [5.74, 6) is 0.848. The first-order chi connectivity index (χ1) is 10.5. The van der Waals surface area contributed by atoms with Gasteiger partial charge in [0.2, 0.25) is 0 Å². The van der Waals surface area contributed by atoms with Gasteiger partial charge in [-0.05, 0) is 42.2 Å². The van der Waals surface area contributed by atoms with Gasteiger partial charge in [-0.25, -0.2) is 0 Å². The van der Waals surface area contributed by atoms with Crippen molar-refractivity contribution < 1.29 is 20.1 Å². The number of phenols is 3. The van der Waals surface area contributed by atoms with E-state index in [2.05, 4.69) is 6.92 Å². The summed E-state index contributed by atoms with van der Waals surface area (Å²) in [6.45, 7) is 2.72. The van der Waals surface area contributed by atoms with E-state index in [0.717, 1.165) is 29.5 Å². The summed E-state index contributed by atoms with van der Waals surface area (Å²) >= 11 is 0. The summed E-state index contributed by atoms with van der Waals surface area (Å²) in [5.41, 5.74) is 3.08. The number of hydrogen-bond acceptors (Lipinski definition) is 4. The Kier molecular flexibility index (Phi) is 2.61. The molecule has 2 aromatic carbocycles. The lowest BCUT2D eigenvalue weighted by molar-refractivity contribution is 0.107. The van der Waals surface area contributed by atoms with Crippen LogP contribution in [-0.4, -0.2) is 21.9 Å². The van der Waals surface area contributed by atoms with Crippen LogP contribution in [0.25, 0.3) is 0 Å². The highest BCUT2D eigenvalue weighted by Gasteiger charge is 2.50. The van der Waals surface area contributed by atoms with Crippen LogP contribution in [0.5, 0.6) is 23.0 Å². The molecular formula is C18H18O4. The van der Waals surface area contributed by atoms with Crippen LogP contribution in [0.1, 0.15) is 36.0 Å². The molecule has 0 radical (unpaired) electrons. The molecule has 4 rings (SSSR count). The van der Waals surface area contributed by atoms with Crippen molar-refractivity contribution in [3.8, 4) is 23.0 Å².